The van der Waals surface area contributed by atoms with Crippen LogP contribution in [0.4, 0.5) is 13.2 Å². The zero-order chi connectivity index (χ0) is 14.8. The second-order valence-electron chi connectivity index (χ2n) is 6.11. The second kappa shape index (κ2) is 6.99. The fraction of sp³-hybridized carbons (Fsp3) is 0.600. The topological polar surface area (TPSA) is 15.3 Å². The van der Waals surface area contributed by atoms with Crippen LogP contribution in [0.1, 0.15) is 24.5 Å². The molecule has 0 bridgehead atoms. The van der Waals surface area contributed by atoms with E-state index in [1.807, 2.05) is 7.05 Å². The summed E-state index contributed by atoms with van der Waals surface area (Å²) in [5.74, 6) is 0. The van der Waals surface area contributed by atoms with Crippen molar-refractivity contribution >= 4 is 12.4 Å². The molecule has 1 aromatic carbocycles. The van der Waals surface area contributed by atoms with E-state index < -0.39 is 11.7 Å². The molecule has 0 aromatic heterocycles. The predicted octanol–water partition coefficient (Wildman–Crippen LogP) is 3.56. The van der Waals surface area contributed by atoms with Gasteiger partial charge in [-0.1, -0.05) is 25.1 Å². The van der Waals surface area contributed by atoms with Gasteiger partial charge in [0, 0.05) is 19.6 Å². The largest absolute Gasteiger partial charge is 0.416 e. The molecular formula is C15H22ClF3N2. The third-order valence-corrected chi connectivity index (χ3v) is 3.82. The van der Waals surface area contributed by atoms with Gasteiger partial charge in [0.15, 0.2) is 0 Å². The van der Waals surface area contributed by atoms with Gasteiger partial charge < -0.3 is 10.2 Å². The minimum atomic E-state index is -4.27. The summed E-state index contributed by atoms with van der Waals surface area (Å²) in [7, 11) is 1.96. The van der Waals surface area contributed by atoms with Crippen molar-refractivity contribution in [2.45, 2.75) is 26.1 Å². The molecule has 2 nitrogen and oxygen atoms in total. The van der Waals surface area contributed by atoms with Crippen LogP contribution in [-0.4, -0.2) is 31.6 Å². The molecule has 6 heteroatoms. The molecule has 0 spiro atoms. The van der Waals surface area contributed by atoms with Gasteiger partial charge >= 0.3 is 6.18 Å². The number of rotatable bonds is 4. The Morgan fingerprint density at radius 1 is 1.33 bits per heavy atom. The Bertz CT molecular complexity index is 456. The van der Waals surface area contributed by atoms with E-state index in [1.165, 1.54) is 12.1 Å². The number of hydrogen-bond donors (Lipinski definition) is 1. The number of benzene rings is 1. The van der Waals surface area contributed by atoms with E-state index in [1.54, 1.807) is 6.07 Å². The molecule has 1 heterocycles. The van der Waals surface area contributed by atoms with Crippen LogP contribution in [-0.2, 0) is 12.7 Å². The average Bonchev–Trinajstić information content (AvgIpc) is 2.74. The first-order valence-corrected chi connectivity index (χ1v) is 6.84. The zero-order valence-corrected chi connectivity index (χ0v) is 13.2. The molecule has 0 radical (unpaired) electrons. The summed E-state index contributed by atoms with van der Waals surface area (Å²) < 4.78 is 38.0. The minimum Gasteiger partial charge on any atom is -0.316 e. The SMILES string of the molecule is CN(Cc1cccc(C(F)(F)F)c1)CC1(C)CCNC1.Cl. The van der Waals surface area contributed by atoms with Crippen LogP contribution < -0.4 is 5.32 Å². The van der Waals surface area contributed by atoms with Crippen molar-refractivity contribution < 1.29 is 13.2 Å². The Kier molecular flexibility index (Phi) is 6.08. The molecule has 2 rings (SSSR count). The molecule has 1 aromatic rings. The van der Waals surface area contributed by atoms with Crippen molar-refractivity contribution in [2.75, 3.05) is 26.7 Å². The van der Waals surface area contributed by atoms with Crippen LogP contribution in [0.15, 0.2) is 24.3 Å². The number of alkyl halides is 3. The van der Waals surface area contributed by atoms with Gasteiger partial charge in [-0.15, -0.1) is 12.4 Å². The number of halogens is 4. The van der Waals surface area contributed by atoms with Crippen LogP contribution in [0.3, 0.4) is 0 Å². The average molecular weight is 323 g/mol. The first kappa shape index (κ1) is 18.3. The van der Waals surface area contributed by atoms with E-state index in [-0.39, 0.29) is 17.8 Å². The Labute approximate surface area is 130 Å². The molecular weight excluding hydrogens is 301 g/mol. The second-order valence-corrected chi connectivity index (χ2v) is 6.11. The lowest BCUT2D eigenvalue weighted by Crippen LogP contribution is -2.34. The molecule has 0 aliphatic carbocycles. The summed E-state index contributed by atoms with van der Waals surface area (Å²) >= 11 is 0. The molecule has 1 N–H and O–H groups in total. The van der Waals surface area contributed by atoms with E-state index in [4.69, 9.17) is 0 Å². The van der Waals surface area contributed by atoms with Gasteiger partial charge in [0.25, 0.3) is 0 Å². The normalized spacial score (nSPS) is 22.4. The maximum atomic E-state index is 12.7. The number of nitrogens with zero attached hydrogens (tertiary/aromatic N) is 1. The highest BCUT2D eigenvalue weighted by atomic mass is 35.5. The highest BCUT2D eigenvalue weighted by Crippen LogP contribution is 2.30. The lowest BCUT2D eigenvalue weighted by atomic mass is 9.89. The van der Waals surface area contributed by atoms with Crippen LogP contribution in [0, 0.1) is 5.41 Å². The van der Waals surface area contributed by atoms with Gasteiger partial charge in [-0.3, -0.25) is 0 Å². The molecule has 1 aliphatic rings. The fourth-order valence-electron chi connectivity index (χ4n) is 2.87. The summed E-state index contributed by atoms with van der Waals surface area (Å²) in [5.41, 5.74) is 0.352. The molecule has 0 amide bonds. The molecule has 0 saturated carbocycles. The molecule has 120 valence electrons. The quantitative estimate of drug-likeness (QED) is 0.912. The molecule has 1 saturated heterocycles. The van der Waals surface area contributed by atoms with Crippen molar-refractivity contribution in [3.8, 4) is 0 Å². The predicted molar refractivity (Wildman–Crippen MR) is 80.6 cm³/mol. The summed E-state index contributed by atoms with van der Waals surface area (Å²) in [6, 6.07) is 5.59. The van der Waals surface area contributed by atoms with Crippen LogP contribution in [0.25, 0.3) is 0 Å². The van der Waals surface area contributed by atoms with Gasteiger partial charge in [0.1, 0.15) is 0 Å². The summed E-state index contributed by atoms with van der Waals surface area (Å²) in [6.45, 7) is 5.64. The van der Waals surface area contributed by atoms with E-state index in [2.05, 4.69) is 17.1 Å². The Morgan fingerprint density at radius 3 is 2.62 bits per heavy atom. The highest BCUT2D eigenvalue weighted by molar-refractivity contribution is 5.85. The number of hydrogen-bond acceptors (Lipinski definition) is 2. The Hall–Kier alpha value is -0.780. The van der Waals surface area contributed by atoms with Crippen molar-refractivity contribution in [3.63, 3.8) is 0 Å². The first-order valence-electron chi connectivity index (χ1n) is 6.84. The third-order valence-electron chi connectivity index (χ3n) is 3.82. The Morgan fingerprint density at radius 2 is 2.05 bits per heavy atom. The van der Waals surface area contributed by atoms with Crippen molar-refractivity contribution in [1.29, 1.82) is 0 Å². The zero-order valence-electron chi connectivity index (χ0n) is 12.3. The summed E-state index contributed by atoms with van der Waals surface area (Å²) in [4.78, 5) is 2.10. The van der Waals surface area contributed by atoms with Gasteiger partial charge in [-0.2, -0.15) is 13.2 Å². The highest BCUT2D eigenvalue weighted by Gasteiger charge is 2.31. The molecule has 21 heavy (non-hydrogen) atoms. The number of nitrogens with one attached hydrogen (secondary N) is 1. The van der Waals surface area contributed by atoms with E-state index in [9.17, 15) is 13.2 Å². The molecule has 1 unspecified atom stereocenters. The van der Waals surface area contributed by atoms with Crippen molar-refractivity contribution in [3.05, 3.63) is 35.4 Å². The summed E-state index contributed by atoms with van der Waals surface area (Å²) in [6.07, 6.45) is -3.16. The van der Waals surface area contributed by atoms with Gasteiger partial charge in [-0.05, 0) is 37.1 Å². The maximum Gasteiger partial charge on any atom is 0.416 e. The monoisotopic (exact) mass is 322 g/mol. The lowest BCUT2D eigenvalue weighted by molar-refractivity contribution is -0.137. The van der Waals surface area contributed by atoms with Crippen molar-refractivity contribution in [2.24, 2.45) is 5.41 Å². The fourth-order valence-corrected chi connectivity index (χ4v) is 2.87. The Balaban J connectivity index is 0.00000220. The van der Waals surface area contributed by atoms with E-state index in [0.29, 0.717) is 12.1 Å². The van der Waals surface area contributed by atoms with Gasteiger partial charge in [0.2, 0.25) is 0 Å². The molecule has 1 aliphatic heterocycles. The van der Waals surface area contributed by atoms with Gasteiger partial charge in [-0.25, -0.2) is 0 Å². The standard InChI is InChI=1S/C15H21F3N2.ClH/c1-14(6-7-19-10-14)11-20(2)9-12-4-3-5-13(8-12)15(16,17)18;/h3-5,8,19H,6-7,9-11H2,1-2H3;1H. The lowest BCUT2D eigenvalue weighted by Gasteiger charge is -2.29. The molecule has 1 atom stereocenters. The third kappa shape index (κ3) is 5.16. The first-order chi connectivity index (χ1) is 9.28. The van der Waals surface area contributed by atoms with E-state index in [0.717, 1.165) is 32.1 Å². The van der Waals surface area contributed by atoms with Crippen LogP contribution >= 0.6 is 12.4 Å². The van der Waals surface area contributed by atoms with E-state index >= 15 is 0 Å². The molecule has 1 fully saturated rings. The van der Waals surface area contributed by atoms with Crippen LogP contribution in [0.5, 0.6) is 0 Å². The van der Waals surface area contributed by atoms with Gasteiger partial charge in [0.05, 0.1) is 5.56 Å². The van der Waals surface area contributed by atoms with Crippen LogP contribution in [0.2, 0.25) is 0 Å². The maximum absolute atomic E-state index is 12.7. The summed E-state index contributed by atoms with van der Waals surface area (Å²) in [5, 5.41) is 3.34. The minimum absolute atomic E-state index is 0. The smallest absolute Gasteiger partial charge is 0.316 e. The van der Waals surface area contributed by atoms with Crippen molar-refractivity contribution in [1.82, 2.24) is 10.2 Å².